The zero-order chi connectivity index (χ0) is 22.2. The van der Waals surface area contributed by atoms with Crippen LogP contribution in [0.4, 0.5) is 30.6 Å². The van der Waals surface area contributed by atoms with E-state index in [1.807, 2.05) is 18.7 Å². The summed E-state index contributed by atoms with van der Waals surface area (Å²) in [5.74, 6) is 0.876. The Morgan fingerprint density at radius 2 is 2.03 bits per heavy atom. The number of hydrogen-bond acceptors (Lipinski definition) is 7. The number of amides is 1. The van der Waals surface area contributed by atoms with Crippen LogP contribution in [0, 0.1) is 12.8 Å². The molecule has 0 bridgehead atoms. The third-order valence-electron chi connectivity index (χ3n) is 4.85. The lowest BCUT2D eigenvalue weighted by molar-refractivity contribution is -0.208. The zero-order valence-corrected chi connectivity index (χ0v) is 17.0. The van der Waals surface area contributed by atoms with Crippen molar-refractivity contribution in [3.05, 3.63) is 23.7 Å². The van der Waals surface area contributed by atoms with Crippen molar-refractivity contribution in [1.82, 2.24) is 19.7 Å². The first-order valence-corrected chi connectivity index (χ1v) is 9.39. The van der Waals surface area contributed by atoms with Crippen molar-refractivity contribution in [2.45, 2.75) is 52.2 Å². The third-order valence-corrected chi connectivity index (χ3v) is 4.85. The number of aliphatic hydroxyl groups is 1. The van der Waals surface area contributed by atoms with Crippen molar-refractivity contribution in [3.8, 4) is 0 Å². The molecule has 2 aromatic heterocycles. The second kappa shape index (κ2) is 8.09. The maximum atomic E-state index is 12.5. The molecule has 1 aliphatic heterocycles. The molecule has 0 fully saturated rings. The van der Waals surface area contributed by atoms with Crippen LogP contribution in [0.3, 0.4) is 0 Å². The molecule has 2 atom stereocenters. The van der Waals surface area contributed by atoms with Gasteiger partial charge >= 0.3 is 6.18 Å². The van der Waals surface area contributed by atoms with Crippen LogP contribution in [0.15, 0.2) is 12.4 Å². The summed E-state index contributed by atoms with van der Waals surface area (Å²) in [6.07, 6.45) is -4.37. The maximum absolute atomic E-state index is 12.5. The molecule has 0 spiro atoms. The third kappa shape index (κ3) is 4.48. The van der Waals surface area contributed by atoms with Gasteiger partial charge in [0.05, 0.1) is 18.4 Å². The molecule has 9 nitrogen and oxygen atoms in total. The van der Waals surface area contributed by atoms with Crippen LogP contribution >= 0.6 is 0 Å². The Balaban J connectivity index is 1.72. The number of halogens is 3. The second-order valence-corrected chi connectivity index (χ2v) is 7.60. The first-order valence-electron chi connectivity index (χ1n) is 9.39. The Morgan fingerprint density at radius 3 is 2.67 bits per heavy atom. The summed E-state index contributed by atoms with van der Waals surface area (Å²) in [6, 6.07) is -0.363. The Kier molecular flexibility index (Phi) is 5.88. The number of anilines is 3. The Hall–Kier alpha value is -2.89. The van der Waals surface area contributed by atoms with Crippen LogP contribution in [-0.2, 0) is 17.9 Å². The lowest BCUT2D eigenvalue weighted by Gasteiger charge is -2.36. The number of aryl methyl sites for hydroxylation is 1. The molecule has 0 radical (unpaired) electrons. The number of nitrogens with one attached hydrogen (secondary N) is 2. The van der Waals surface area contributed by atoms with E-state index < -0.39 is 18.8 Å². The van der Waals surface area contributed by atoms with Crippen molar-refractivity contribution in [2.75, 3.05) is 22.6 Å². The highest BCUT2D eigenvalue weighted by Gasteiger charge is 2.38. The first-order chi connectivity index (χ1) is 14.0. The molecule has 0 saturated heterocycles. The Morgan fingerprint density at radius 1 is 1.33 bits per heavy atom. The zero-order valence-electron chi connectivity index (χ0n) is 17.0. The van der Waals surface area contributed by atoms with Gasteiger partial charge in [-0.25, -0.2) is 4.98 Å². The molecule has 164 valence electrons. The topological polar surface area (TPSA) is 108 Å². The lowest BCUT2D eigenvalue weighted by atomic mass is 9.99. The van der Waals surface area contributed by atoms with E-state index in [9.17, 15) is 18.0 Å². The molecule has 0 aliphatic carbocycles. The summed E-state index contributed by atoms with van der Waals surface area (Å²) in [4.78, 5) is 23.0. The summed E-state index contributed by atoms with van der Waals surface area (Å²) in [7, 11) is 1.80. The number of nitrogens with zero attached hydrogens (tertiary/aromatic N) is 5. The van der Waals surface area contributed by atoms with Gasteiger partial charge in [0, 0.05) is 25.4 Å². The average molecular weight is 427 g/mol. The molecule has 0 saturated carbocycles. The fourth-order valence-electron chi connectivity index (χ4n) is 3.35. The molecule has 3 heterocycles. The van der Waals surface area contributed by atoms with Crippen LogP contribution in [0.2, 0.25) is 0 Å². The second-order valence-electron chi connectivity index (χ2n) is 7.60. The Bertz CT molecular complexity index is 929. The predicted octanol–water partition coefficient (Wildman–Crippen LogP) is 1.93. The van der Waals surface area contributed by atoms with E-state index in [1.54, 1.807) is 14.0 Å². The number of likely N-dealkylation sites (N-methyl/N-ethyl adjacent to an activating group) is 1. The monoisotopic (exact) mass is 427 g/mol. The highest BCUT2D eigenvalue weighted by Crippen LogP contribution is 2.34. The van der Waals surface area contributed by atoms with Crippen LogP contribution in [0.25, 0.3) is 0 Å². The Labute approximate surface area is 171 Å². The highest BCUT2D eigenvalue weighted by molar-refractivity contribution is 6.03. The summed E-state index contributed by atoms with van der Waals surface area (Å²) < 4.78 is 38.4. The molecule has 0 aromatic carbocycles. The quantitative estimate of drug-likeness (QED) is 0.647. The molecule has 1 unspecified atom stereocenters. The SMILES string of the molecule is Cc1nc(NCc2cnn(CC(O)C(F)(F)F)c2)nc2c1NC(=O)[C@H](C(C)C)N2C. The smallest absolute Gasteiger partial charge is 0.382 e. The van der Waals surface area contributed by atoms with E-state index in [1.165, 1.54) is 12.4 Å². The van der Waals surface area contributed by atoms with Crippen molar-refractivity contribution >= 4 is 23.4 Å². The summed E-state index contributed by atoms with van der Waals surface area (Å²) in [6.45, 7) is 5.20. The number of alkyl halides is 3. The van der Waals surface area contributed by atoms with Crippen molar-refractivity contribution in [2.24, 2.45) is 5.92 Å². The van der Waals surface area contributed by atoms with E-state index in [-0.39, 0.29) is 24.4 Å². The van der Waals surface area contributed by atoms with Gasteiger partial charge in [-0.3, -0.25) is 9.48 Å². The van der Waals surface area contributed by atoms with Crippen molar-refractivity contribution in [1.29, 1.82) is 0 Å². The number of hydrogen-bond donors (Lipinski definition) is 3. The van der Waals surface area contributed by atoms with Crippen LogP contribution in [0.5, 0.6) is 0 Å². The molecular weight excluding hydrogens is 403 g/mol. The molecule has 3 N–H and O–H groups in total. The van der Waals surface area contributed by atoms with Gasteiger partial charge in [-0.15, -0.1) is 0 Å². The average Bonchev–Trinajstić information content (AvgIpc) is 3.07. The molecule has 3 rings (SSSR count). The molecule has 2 aromatic rings. The molecule has 12 heteroatoms. The normalized spacial score (nSPS) is 17.7. The number of carbonyl (C=O) groups excluding carboxylic acids is 1. The number of rotatable bonds is 6. The number of aromatic nitrogens is 4. The molecule has 1 amide bonds. The maximum Gasteiger partial charge on any atom is 0.416 e. The van der Waals surface area contributed by atoms with Gasteiger partial charge in [-0.2, -0.15) is 23.3 Å². The van der Waals surface area contributed by atoms with Gasteiger partial charge in [0.25, 0.3) is 0 Å². The van der Waals surface area contributed by atoms with Gasteiger partial charge in [-0.05, 0) is 12.8 Å². The van der Waals surface area contributed by atoms with Gasteiger partial charge in [-0.1, -0.05) is 13.8 Å². The highest BCUT2D eigenvalue weighted by atomic mass is 19.4. The van der Waals surface area contributed by atoms with E-state index in [4.69, 9.17) is 5.11 Å². The lowest BCUT2D eigenvalue weighted by Crippen LogP contribution is -2.49. The molecule has 1 aliphatic rings. The van der Waals surface area contributed by atoms with Crippen LogP contribution in [0.1, 0.15) is 25.1 Å². The molecule has 30 heavy (non-hydrogen) atoms. The number of carbonyl (C=O) groups is 1. The summed E-state index contributed by atoms with van der Waals surface area (Å²) in [5, 5.41) is 18.9. The first kappa shape index (κ1) is 21.8. The van der Waals surface area contributed by atoms with E-state index in [0.717, 1.165) is 4.68 Å². The van der Waals surface area contributed by atoms with E-state index in [2.05, 4.69) is 25.7 Å². The summed E-state index contributed by atoms with van der Waals surface area (Å²) in [5.41, 5.74) is 1.75. The van der Waals surface area contributed by atoms with E-state index >= 15 is 0 Å². The number of aliphatic hydroxyl groups excluding tert-OH is 1. The minimum absolute atomic E-state index is 0.0766. The van der Waals surface area contributed by atoms with Gasteiger partial charge in [0.1, 0.15) is 11.7 Å². The van der Waals surface area contributed by atoms with Gasteiger partial charge in [0.2, 0.25) is 11.9 Å². The minimum atomic E-state index is -4.70. The summed E-state index contributed by atoms with van der Waals surface area (Å²) >= 11 is 0. The van der Waals surface area contributed by atoms with Gasteiger partial charge < -0.3 is 20.6 Å². The van der Waals surface area contributed by atoms with Crippen molar-refractivity contribution < 1.29 is 23.1 Å². The minimum Gasteiger partial charge on any atom is -0.382 e. The van der Waals surface area contributed by atoms with Crippen LogP contribution < -0.4 is 15.5 Å². The largest absolute Gasteiger partial charge is 0.416 e. The van der Waals surface area contributed by atoms with Gasteiger partial charge in [0.15, 0.2) is 11.9 Å². The fourth-order valence-corrected chi connectivity index (χ4v) is 3.35. The fraction of sp³-hybridized carbons (Fsp3) is 0.556. The number of fused-ring (bicyclic) bond motifs is 1. The predicted molar refractivity (Wildman–Crippen MR) is 104 cm³/mol. The van der Waals surface area contributed by atoms with Crippen molar-refractivity contribution in [3.63, 3.8) is 0 Å². The molecular formula is C18H24F3N7O2. The van der Waals surface area contributed by atoms with E-state index in [0.29, 0.717) is 28.7 Å². The van der Waals surface area contributed by atoms with Crippen LogP contribution in [-0.4, -0.2) is 56.1 Å². The standard InChI is InChI=1S/C18H24F3N7O2/c1-9(2)14-16(30)25-13-10(3)24-17(26-15(13)27(14)4)22-5-11-6-23-28(7-11)8-12(29)18(19,20)21/h6-7,9,12,14,29H,5,8H2,1-4H3,(H,25,30)(H,22,24,26)/t12?,14-/m0/s1.